The Balaban J connectivity index is 1.43. The number of ether oxygens (including phenoxy) is 1. The Morgan fingerprint density at radius 3 is 2.26 bits per heavy atom. The number of amides is 2. The van der Waals surface area contributed by atoms with Crippen molar-refractivity contribution in [2.24, 2.45) is 5.92 Å². The number of hydrogen-bond acceptors (Lipinski definition) is 4. The lowest BCUT2D eigenvalue weighted by Crippen LogP contribution is -2.45. The Hall–Kier alpha value is -3.93. The number of carbonyl (C=O) groups excluding carboxylic acids is 3. The molecular formula is C32H36N2O4. The minimum absolute atomic E-state index is 0.0633. The van der Waals surface area contributed by atoms with Crippen LogP contribution in [0.1, 0.15) is 71.9 Å². The fourth-order valence-corrected chi connectivity index (χ4v) is 4.98. The summed E-state index contributed by atoms with van der Waals surface area (Å²) in [6.45, 7) is 6.38. The first-order chi connectivity index (χ1) is 18.3. The summed E-state index contributed by atoms with van der Waals surface area (Å²) in [5, 5.41) is 2.97. The quantitative estimate of drug-likeness (QED) is 0.249. The van der Waals surface area contributed by atoms with E-state index in [-0.39, 0.29) is 17.7 Å². The van der Waals surface area contributed by atoms with Crippen LogP contribution in [-0.4, -0.2) is 35.8 Å². The highest BCUT2D eigenvalue weighted by molar-refractivity contribution is 6.04. The summed E-state index contributed by atoms with van der Waals surface area (Å²) in [5.41, 5.74) is 6.04. The van der Waals surface area contributed by atoms with Gasteiger partial charge in [-0.2, -0.15) is 0 Å². The maximum atomic E-state index is 13.0. The number of fused-ring (bicyclic) bond motifs is 1. The third-order valence-electron chi connectivity index (χ3n) is 7.11. The van der Waals surface area contributed by atoms with Crippen LogP contribution in [0.5, 0.6) is 0 Å². The molecule has 0 fully saturated rings. The first-order valence-corrected chi connectivity index (χ1v) is 13.3. The molecule has 0 spiro atoms. The average Bonchev–Trinajstić information content (AvgIpc) is 3.24. The van der Waals surface area contributed by atoms with E-state index in [2.05, 4.69) is 12.2 Å². The Labute approximate surface area is 225 Å². The molecule has 6 nitrogen and oxygen atoms in total. The third-order valence-corrected chi connectivity index (χ3v) is 7.11. The number of unbranched alkanes of at least 4 members (excludes halogenated alkanes) is 2. The normalized spacial score (nSPS) is 13.4. The maximum Gasteiger partial charge on any atom is 0.328 e. The zero-order valence-corrected chi connectivity index (χ0v) is 22.6. The number of nitrogens with zero attached hydrogens (tertiary/aromatic N) is 1. The van der Waals surface area contributed by atoms with Crippen molar-refractivity contribution in [3.63, 3.8) is 0 Å². The Morgan fingerprint density at radius 1 is 0.947 bits per heavy atom. The molecule has 0 unspecified atom stereocenters. The summed E-state index contributed by atoms with van der Waals surface area (Å²) >= 11 is 0. The van der Waals surface area contributed by atoms with Crippen LogP contribution >= 0.6 is 0 Å². The number of hydrogen-bond donors (Lipinski definition) is 1. The first-order valence-electron chi connectivity index (χ1n) is 13.3. The van der Waals surface area contributed by atoms with Gasteiger partial charge in [0, 0.05) is 23.4 Å². The molecule has 1 aliphatic rings. The number of aryl methyl sites for hydroxylation is 1. The molecule has 198 valence electrons. The highest BCUT2D eigenvalue weighted by atomic mass is 16.5. The molecule has 0 bridgehead atoms. The molecule has 3 aromatic carbocycles. The number of methoxy groups -OCH3 is 1. The van der Waals surface area contributed by atoms with Gasteiger partial charge in [-0.15, -0.1) is 0 Å². The molecule has 38 heavy (non-hydrogen) atoms. The van der Waals surface area contributed by atoms with Gasteiger partial charge in [0.2, 0.25) is 0 Å². The Morgan fingerprint density at radius 2 is 1.63 bits per heavy atom. The second kappa shape index (κ2) is 12.1. The van der Waals surface area contributed by atoms with Gasteiger partial charge in [-0.25, -0.2) is 4.79 Å². The predicted molar refractivity (Wildman–Crippen MR) is 150 cm³/mol. The van der Waals surface area contributed by atoms with Crippen LogP contribution in [0.2, 0.25) is 0 Å². The van der Waals surface area contributed by atoms with Crippen LogP contribution in [0.25, 0.3) is 11.1 Å². The van der Waals surface area contributed by atoms with E-state index >= 15 is 0 Å². The minimum Gasteiger partial charge on any atom is -0.467 e. The molecule has 0 saturated carbocycles. The van der Waals surface area contributed by atoms with Crippen LogP contribution in [0.15, 0.2) is 66.7 Å². The van der Waals surface area contributed by atoms with Gasteiger partial charge in [-0.1, -0.05) is 63.9 Å². The topological polar surface area (TPSA) is 75.7 Å². The summed E-state index contributed by atoms with van der Waals surface area (Å²) in [4.78, 5) is 39.7. The molecule has 0 aromatic heterocycles. The number of nitrogens with one attached hydrogen (secondary N) is 1. The predicted octanol–water partition coefficient (Wildman–Crippen LogP) is 6.49. The highest BCUT2D eigenvalue weighted by Crippen LogP contribution is 2.32. The fourth-order valence-electron chi connectivity index (χ4n) is 4.98. The molecule has 1 aliphatic heterocycles. The molecule has 1 N–H and O–H groups in total. The Bertz CT molecular complexity index is 1300. The van der Waals surface area contributed by atoms with E-state index < -0.39 is 12.0 Å². The summed E-state index contributed by atoms with van der Waals surface area (Å²) in [6.07, 6.45) is 4.61. The monoisotopic (exact) mass is 512 g/mol. The molecule has 2 amide bonds. The lowest BCUT2D eigenvalue weighted by molar-refractivity contribution is -0.147. The van der Waals surface area contributed by atoms with Crippen molar-refractivity contribution in [1.82, 2.24) is 4.90 Å². The van der Waals surface area contributed by atoms with Crippen molar-refractivity contribution >= 4 is 23.5 Å². The van der Waals surface area contributed by atoms with Crippen LogP contribution in [0.4, 0.5) is 5.69 Å². The zero-order valence-electron chi connectivity index (χ0n) is 22.6. The number of rotatable bonds is 10. The van der Waals surface area contributed by atoms with Crippen molar-refractivity contribution in [3.05, 3.63) is 89.0 Å². The molecule has 1 atom stereocenters. The molecule has 0 radical (unpaired) electrons. The van der Waals surface area contributed by atoms with E-state index in [4.69, 9.17) is 4.74 Å². The lowest BCUT2D eigenvalue weighted by Gasteiger charge is -2.28. The van der Waals surface area contributed by atoms with Crippen molar-refractivity contribution in [3.8, 4) is 11.1 Å². The second-order valence-electron chi connectivity index (χ2n) is 10.2. The Kier molecular flexibility index (Phi) is 8.62. The number of anilines is 1. The van der Waals surface area contributed by atoms with Gasteiger partial charge >= 0.3 is 5.97 Å². The van der Waals surface area contributed by atoms with Gasteiger partial charge < -0.3 is 15.0 Å². The van der Waals surface area contributed by atoms with Crippen molar-refractivity contribution in [1.29, 1.82) is 0 Å². The SMILES string of the molecule is CCCCCc1ccc(C(=O)Nc2ccc(-c3ccc4c(c3)CN([C@H](C(=O)OC)C(C)C)C4=O)cc2)cc1. The van der Waals surface area contributed by atoms with Gasteiger partial charge in [-0.3, -0.25) is 9.59 Å². The fraction of sp³-hybridized carbons (Fsp3) is 0.344. The van der Waals surface area contributed by atoms with Gasteiger partial charge in [0.1, 0.15) is 6.04 Å². The standard InChI is InChI=1S/C32H36N2O4/c1-5-6-7-8-22-9-11-24(12-10-22)30(35)33-27-16-13-23(14-17-27)25-15-18-28-26(19-25)20-34(31(28)36)29(21(2)3)32(37)38-4/h9-19,21,29H,5-8,20H2,1-4H3,(H,33,35)/t29-/m0/s1. The second-order valence-corrected chi connectivity index (χ2v) is 10.2. The summed E-state index contributed by atoms with van der Waals surface area (Å²) < 4.78 is 4.95. The lowest BCUT2D eigenvalue weighted by atomic mass is 10.00. The van der Waals surface area contributed by atoms with E-state index in [1.807, 2.05) is 80.6 Å². The van der Waals surface area contributed by atoms with Crippen molar-refractivity contribution < 1.29 is 19.1 Å². The number of esters is 1. The smallest absolute Gasteiger partial charge is 0.328 e. The molecule has 0 aliphatic carbocycles. The molecule has 3 aromatic rings. The third kappa shape index (κ3) is 5.96. The van der Waals surface area contributed by atoms with E-state index in [1.54, 1.807) is 4.90 Å². The van der Waals surface area contributed by atoms with Crippen LogP contribution in [0, 0.1) is 5.92 Å². The van der Waals surface area contributed by atoms with E-state index in [0.29, 0.717) is 23.4 Å². The highest BCUT2D eigenvalue weighted by Gasteiger charge is 2.38. The largest absolute Gasteiger partial charge is 0.467 e. The summed E-state index contributed by atoms with van der Waals surface area (Å²) in [5.74, 6) is -0.754. The van der Waals surface area contributed by atoms with Gasteiger partial charge in [-0.05, 0) is 77.4 Å². The number of carbonyl (C=O) groups is 3. The van der Waals surface area contributed by atoms with E-state index in [9.17, 15) is 14.4 Å². The molecular weight excluding hydrogens is 476 g/mol. The van der Waals surface area contributed by atoms with Crippen LogP contribution < -0.4 is 5.32 Å². The maximum absolute atomic E-state index is 13.0. The van der Waals surface area contributed by atoms with Crippen LogP contribution in [-0.2, 0) is 22.5 Å². The molecule has 4 rings (SSSR count). The van der Waals surface area contributed by atoms with E-state index in [1.165, 1.54) is 31.9 Å². The van der Waals surface area contributed by atoms with Crippen molar-refractivity contribution in [2.75, 3.05) is 12.4 Å². The molecule has 6 heteroatoms. The van der Waals surface area contributed by atoms with Gasteiger partial charge in [0.25, 0.3) is 11.8 Å². The van der Waals surface area contributed by atoms with Gasteiger partial charge in [0.15, 0.2) is 0 Å². The number of benzene rings is 3. The molecule has 1 heterocycles. The van der Waals surface area contributed by atoms with E-state index in [0.717, 1.165) is 23.1 Å². The first kappa shape index (κ1) is 27.1. The minimum atomic E-state index is -0.622. The average molecular weight is 513 g/mol. The zero-order chi connectivity index (χ0) is 27.2. The summed E-state index contributed by atoms with van der Waals surface area (Å²) in [6, 6.07) is 20.6. The molecule has 0 saturated heterocycles. The summed E-state index contributed by atoms with van der Waals surface area (Å²) in [7, 11) is 1.35. The van der Waals surface area contributed by atoms with Gasteiger partial charge in [0.05, 0.1) is 7.11 Å². The van der Waals surface area contributed by atoms with Crippen molar-refractivity contribution in [2.45, 2.75) is 59.0 Å². The van der Waals surface area contributed by atoms with Crippen LogP contribution in [0.3, 0.4) is 0 Å².